The summed E-state index contributed by atoms with van der Waals surface area (Å²) in [6.07, 6.45) is 3.14. The van der Waals surface area contributed by atoms with Crippen LogP contribution in [-0.2, 0) is 11.3 Å². The molecular formula is C16H29IN6O. The number of aromatic nitrogens is 2. The van der Waals surface area contributed by atoms with Crippen LogP contribution < -0.4 is 16.0 Å². The molecule has 1 aliphatic carbocycles. The summed E-state index contributed by atoms with van der Waals surface area (Å²) in [6, 6.07) is 2.46. The molecule has 1 amide bonds. The van der Waals surface area contributed by atoms with Crippen LogP contribution in [0.5, 0.6) is 0 Å². The third-order valence-electron chi connectivity index (χ3n) is 3.61. The average molecular weight is 448 g/mol. The Morgan fingerprint density at radius 3 is 2.71 bits per heavy atom. The Bertz CT molecular complexity index is 553. The molecule has 0 saturated heterocycles. The Morgan fingerprint density at radius 1 is 1.38 bits per heavy atom. The molecule has 0 unspecified atom stereocenters. The lowest BCUT2D eigenvalue weighted by molar-refractivity contribution is -0.119. The molecule has 1 saturated carbocycles. The van der Waals surface area contributed by atoms with Crippen molar-refractivity contribution in [3.8, 4) is 0 Å². The van der Waals surface area contributed by atoms with Gasteiger partial charge in [-0.15, -0.1) is 24.0 Å². The van der Waals surface area contributed by atoms with Gasteiger partial charge >= 0.3 is 0 Å². The van der Waals surface area contributed by atoms with Crippen molar-refractivity contribution in [2.75, 3.05) is 19.6 Å². The van der Waals surface area contributed by atoms with Gasteiger partial charge in [-0.2, -0.15) is 5.10 Å². The van der Waals surface area contributed by atoms with E-state index in [-0.39, 0.29) is 36.4 Å². The van der Waals surface area contributed by atoms with Gasteiger partial charge in [0.25, 0.3) is 0 Å². The van der Waals surface area contributed by atoms with Crippen molar-refractivity contribution in [1.29, 1.82) is 0 Å². The fourth-order valence-electron chi connectivity index (χ4n) is 2.33. The van der Waals surface area contributed by atoms with Crippen LogP contribution in [0.25, 0.3) is 0 Å². The molecule has 0 spiro atoms. The van der Waals surface area contributed by atoms with E-state index in [2.05, 4.69) is 39.0 Å². The number of carbonyl (C=O) groups excluding carboxylic acids is 1. The summed E-state index contributed by atoms with van der Waals surface area (Å²) in [4.78, 5) is 16.0. The van der Waals surface area contributed by atoms with Crippen molar-refractivity contribution in [2.24, 2.45) is 4.99 Å². The maximum absolute atomic E-state index is 11.7. The van der Waals surface area contributed by atoms with Crippen molar-refractivity contribution in [3.63, 3.8) is 0 Å². The second kappa shape index (κ2) is 10.5. The van der Waals surface area contributed by atoms with Crippen LogP contribution in [0.15, 0.2) is 11.1 Å². The highest BCUT2D eigenvalue weighted by Crippen LogP contribution is 2.18. The molecule has 1 aromatic heterocycles. The van der Waals surface area contributed by atoms with E-state index in [9.17, 15) is 4.79 Å². The number of hydrogen-bond acceptors (Lipinski definition) is 3. The maximum Gasteiger partial charge on any atom is 0.242 e. The van der Waals surface area contributed by atoms with E-state index in [0.29, 0.717) is 12.0 Å². The van der Waals surface area contributed by atoms with Gasteiger partial charge in [-0.05, 0) is 46.1 Å². The molecule has 1 aromatic rings. The molecule has 24 heavy (non-hydrogen) atoms. The number of amides is 1. The van der Waals surface area contributed by atoms with Crippen molar-refractivity contribution in [1.82, 2.24) is 25.7 Å². The van der Waals surface area contributed by atoms with Crippen molar-refractivity contribution in [2.45, 2.75) is 52.6 Å². The average Bonchev–Trinajstić information content (AvgIpc) is 3.25. The van der Waals surface area contributed by atoms with Crippen LogP contribution in [-0.4, -0.2) is 47.3 Å². The van der Waals surface area contributed by atoms with E-state index in [1.54, 1.807) is 0 Å². The highest BCUT2D eigenvalue weighted by molar-refractivity contribution is 14.0. The third-order valence-corrected chi connectivity index (χ3v) is 3.61. The van der Waals surface area contributed by atoms with Gasteiger partial charge in [-0.3, -0.25) is 9.48 Å². The molecule has 0 bridgehead atoms. The zero-order valence-corrected chi connectivity index (χ0v) is 17.1. The molecule has 1 aliphatic rings. The highest BCUT2D eigenvalue weighted by atomic mass is 127. The number of halogens is 1. The molecule has 2 rings (SSSR count). The van der Waals surface area contributed by atoms with Crippen molar-refractivity contribution in [3.05, 3.63) is 17.5 Å². The molecule has 7 nitrogen and oxygen atoms in total. The zero-order chi connectivity index (χ0) is 16.7. The van der Waals surface area contributed by atoms with Crippen molar-refractivity contribution < 1.29 is 4.79 Å². The van der Waals surface area contributed by atoms with Gasteiger partial charge in [-0.1, -0.05) is 0 Å². The fraction of sp³-hybridized carbons (Fsp3) is 0.688. The van der Waals surface area contributed by atoms with Crippen LogP contribution in [0.4, 0.5) is 0 Å². The zero-order valence-electron chi connectivity index (χ0n) is 14.8. The summed E-state index contributed by atoms with van der Waals surface area (Å²) in [5.41, 5.74) is 2.23. The van der Waals surface area contributed by atoms with Crippen LogP contribution in [0.3, 0.4) is 0 Å². The lowest BCUT2D eigenvalue weighted by Crippen LogP contribution is -2.39. The summed E-state index contributed by atoms with van der Waals surface area (Å²) in [7, 11) is 0. The number of aliphatic imine (C=N–C) groups is 1. The summed E-state index contributed by atoms with van der Waals surface area (Å²) in [5, 5.41) is 13.8. The smallest absolute Gasteiger partial charge is 0.242 e. The summed E-state index contributed by atoms with van der Waals surface area (Å²) in [5.74, 6) is 0.680. The first-order chi connectivity index (χ1) is 11.1. The Hall–Kier alpha value is -1.32. The predicted molar refractivity (Wildman–Crippen MR) is 107 cm³/mol. The number of rotatable bonds is 8. The van der Waals surface area contributed by atoms with Crippen LogP contribution >= 0.6 is 24.0 Å². The third kappa shape index (κ3) is 7.50. The minimum absolute atomic E-state index is 0. The van der Waals surface area contributed by atoms with E-state index >= 15 is 0 Å². The normalized spacial score (nSPS) is 14.0. The molecule has 0 radical (unpaired) electrons. The van der Waals surface area contributed by atoms with E-state index < -0.39 is 0 Å². The lowest BCUT2D eigenvalue weighted by Gasteiger charge is -2.11. The summed E-state index contributed by atoms with van der Waals surface area (Å²) < 4.78 is 2.02. The van der Waals surface area contributed by atoms with E-state index in [0.717, 1.165) is 44.6 Å². The first-order valence-electron chi connectivity index (χ1n) is 8.41. The van der Waals surface area contributed by atoms with Gasteiger partial charge in [0.05, 0.1) is 5.69 Å². The number of carbonyl (C=O) groups is 1. The predicted octanol–water partition coefficient (Wildman–Crippen LogP) is 1.34. The van der Waals surface area contributed by atoms with Gasteiger partial charge in [0.1, 0.15) is 6.54 Å². The quantitative estimate of drug-likeness (QED) is 0.243. The Balaban J connectivity index is 0.00000288. The molecule has 3 N–H and O–H groups in total. The number of nitrogens with one attached hydrogen (secondary N) is 3. The first-order valence-corrected chi connectivity index (χ1v) is 8.41. The maximum atomic E-state index is 11.7. The van der Waals surface area contributed by atoms with Crippen LogP contribution in [0, 0.1) is 13.8 Å². The first kappa shape index (κ1) is 20.7. The largest absolute Gasteiger partial charge is 0.357 e. The summed E-state index contributed by atoms with van der Waals surface area (Å²) >= 11 is 0. The van der Waals surface area contributed by atoms with Gasteiger partial charge in [0, 0.05) is 31.4 Å². The molecule has 8 heteroatoms. The highest BCUT2D eigenvalue weighted by Gasteiger charge is 2.22. The van der Waals surface area contributed by atoms with Gasteiger partial charge in [0.15, 0.2) is 5.96 Å². The van der Waals surface area contributed by atoms with E-state index in [1.807, 2.05) is 18.5 Å². The molecule has 136 valence electrons. The molecule has 0 aromatic carbocycles. The Kier molecular flexibility index (Phi) is 9.09. The molecular weight excluding hydrogens is 419 g/mol. The fourth-order valence-corrected chi connectivity index (χ4v) is 2.33. The standard InChI is InChI=1S/C16H28N6O.HI/c1-4-17-16(19-11-15(23)20-14-6-7-14)18-8-5-9-22-13(3)10-12(2)21-22;/h10,14H,4-9,11H2,1-3H3,(H,20,23)(H2,17,18,19);1H. The van der Waals surface area contributed by atoms with E-state index in [1.165, 1.54) is 5.69 Å². The SMILES string of the molecule is CCNC(=NCC(=O)NC1CC1)NCCCn1nc(C)cc1C.I. The second-order valence-corrected chi connectivity index (χ2v) is 5.97. The molecule has 0 aliphatic heterocycles. The molecule has 1 fully saturated rings. The van der Waals surface area contributed by atoms with Gasteiger partial charge in [0.2, 0.25) is 5.91 Å². The van der Waals surface area contributed by atoms with Gasteiger partial charge in [-0.25, -0.2) is 4.99 Å². The van der Waals surface area contributed by atoms with E-state index in [4.69, 9.17) is 0 Å². The topological polar surface area (TPSA) is 83.3 Å². The van der Waals surface area contributed by atoms with Gasteiger partial charge < -0.3 is 16.0 Å². The van der Waals surface area contributed by atoms with Crippen LogP contribution in [0.2, 0.25) is 0 Å². The lowest BCUT2D eigenvalue weighted by atomic mass is 10.4. The summed E-state index contributed by atoms with van der Waals surface area (Å²) in [6.45, 7) is 8.68. The van der Waals surface area contributed by atoms with Crippen LogP contribution in [0.1, 0.15) is 37.6 Å². The number of guanidine groups is 1. The van der Waals surface area contributed by atoms with Crippen molar-refractivity contribution >= 4 is 35.8 Å². The monoisotopic (exact) mass is 448 g/mol. The second-order valence-electron chi connectivity index (χ2n) is 5.97. The number of aryl methyl sites for hydroxylation is 3. The number of hydrogen-bond donors (Lipinski definition) is 3. The molecule has 1 heterocycles. The minimum Gasteiger partial charge on any atom is -0.357 e. The number of nitrogens with zero attached hydrogens (tertiary/aromatic N) is 3. The Morgan fingerprint density at radius 2 is 2.12 bits per heavy atom. The minimum atomic E-state index is -0.00709. The Labute approximate surface area is 161 Å². The molecule has 0 atom stereocenters.